The van der Waals surface area contributed by atoms with Crippen molar-refractivity contribution in [2.75, 3.05) is 49.6 Å². The molecule has 2 aromatic carbocycles. The molecule has 4 amide bonds. The number of benzene rings is 2. The number of carbonyl (C=O) groups is 3. The van der Waals surface area contributed by atoms with Gasteiger partial charge < -0.3 is 20.0 Å². The molecule has 0 radical (unpaired) electrons. The number of urea groups is 1. The van der Waals surface area contributed by atoms with Gasteiger partial charge in [-0.1, -0.05) is 27.5 Å². The number of nitrogens with zero attached hydrogens (tertiary/aromatic N) is 5. The molecule has 6 heterocycles. The first-order chi connectivity index (χ1) is 21.1. The van der Waals surface area contributed by atoms with Crippen molar-refractivity contribution in [3.63, 3.8) is 0 Å². The van der Waals surface area contributed by atoms with Gasteiger partial charge in [-0.2, -0.15) is 10.2 Å². The fourth-order valence-electron chi connectivity index (χ4n) is 7.19. The normalized spacial score (nSPS) is 20.9. The van der Waals surface area contributed by atoms with Gasteiger partial charge >= 0.3 is 6.03 Å². The summed E-state index contributed by atoms with van der Waals surface area (Å²) < 4.78 is 0.978. The van der Waals surface area contributed by atoms with Gasteiger partial charge in [-0.3, -0.25) is 25.1 Å². The number of halogens is 2. The minimum atomic E-state index is -0.741. The van der Waals surface area contributed by atoms with Crippen LogP contribution >= 0.6 is 27.5 Å². The van der Waals surface area contributed by atoms with Crippen LogP contribution in [0.25, 0.3) is 21.8 Å². The number of hydrogen-bond donors (Lipinski definition) is 4. The van der Waals surface area contributed by atoms with Gasteiger partial charge in [0.05, 0.1) is 23.4 Å². The summed E-state index contributed by atoms with van der Waals surface area (Å²) in [5.74, 6) is 0.0771. The molecule has 8 rings (SSSR count). The van der Waals surface area contributed by atoms with E-state index in [1.807, 2.05) is 42.5 Å². The Morgan fingerprint density at radius 2 is 1.43 bits per heavy atom. The van der Waals surface area contributed by atoms with Crippen LogP contribution in [0.3, 0.4) is 0 Å². The van der Waals surface area contributed by atoms with E-state index in [-0.39, 0.29) is 17.2 Å². The number of fused-ring (bicyclic) bond motifs is 2. The summed E-state index contributed by atoms with van der Waals surface area (Å²) >= 11 is 9.75. The summed E-state index contributed by atoms with van der Waals surface area (Å²) in [6.45, 7) is 4.22. The smallest absolute Gasteiger partial charge is 0.322 e. The van der Waals surface area contributed by atoms with Crippen molar-refractivity contribution >= 4 is 78.6 Å². The number of rotatable bonds is 2. The van der Waals surface area contributed by atoms with E-state index in [2.05, 4.69) is 62.8 Å². The molecule has 0 aliphatic carbocycles. The summed E-state index contributed by atoms with van der Waals surface area (Å²) in [5.41, 5.74) is 3.60. The molecule has 230 valence electrons. The number of nitrogens with one attached hydrogen (secondary N) is 4. The van der Waals surface area contributed by atoms with Crippen molar-refractivity contribution in [3.05, 3.63) is 46.2 Å². The minimum absolute atomic E-state index is 0.177. The number of likely N-dealkylation sites (tertiary alicyclic amines) is 1. The van der Waals surface area contributed by atoms with E-state index in [1.165, 1.54) is 0 Å². The number of anilines is 2. The van der Waals surface area contributed by atoms with E-state index in [4.69, 9.17) is 11.6 Å². The molecule has 4 fully saturated rings. The predicted octanol–water partition coefficient (Wildman–Crippen LogP) is 4.17. The molecule has 2 aromatic heterocycles. The highest BCUT2D eigenvalue weighted by molar-refractivity contribution is 9.10. The molecule has 0 bridgehead atoms. The summed E-state index contributed by atoms with van der Waals surface area (Å²) in [7, 11) is 1.91. The van der Waals surface area contributed by atoms with Crippen LogP contribution in [0.15, 0.2) is 41.1 Å². The van der Waals surface area contributed by atoms with Gasteiger partial charge in [-0.15, -0.1) is 0 Å². The number of carbonyl (C=O) groups excluding carboxylic acids is 3. The lowest BCUT2D eigenvalue weighted by atomic mass is 9.77. The zero-order valence-electron chi connectivity index (χ0n) is 24.3. The second kappa shape index (κ2) is 11.0. The van der Waals surface area contributed by atoms with Crippen LogP contribution < -0.4 is 20.4 Å². The summed E-state index contributed by atoms with van der Waals surface area (Å²) in [6, 6.07) is 7.58. The Hall–Kier alpha value is -3.84. The quantitative estimate of drug-likeness (QED) is 0.233. The molecule has 14 heteroatoms. The highest BCUT2D eigenvalue weighted by atomic mass is 79.9. The maximum atomic E-state index is 12.0. The molecule has 0 unspecified atom stereocenters. The summed E-state index contributed by atoms with van der Waals surface area (Å²) in [5, 5.41) is 22.2. The lowest BCUT2D eigenvalue weighted by Gasteiger charge is -2.40. The second-order valence-corrected chi connectivity index (χ2v) is 13.8. The third-order valence-corrected chi connectivity index (χ3v) is 10.3. The maximum Gasteiger partial charge on any atom is 0.322 e. The topological polar surface area (TPSA) is 142 Å². The third kappa shape index (κ3) is 5.15. The Morgan fingerprint density at radius 1 is 0.841 bits per heavy atom. The average Bonchev–Trinajstić information content (AvgIpc) is 3.77. The fraction of sp³-hybridized carbons (Fsp3) is 0.433. The third-order valence-electron chi connectivity index (χ3n) is 9.66. The van der Waals surface area contributed by atoms with Gasteiger partial charge in [-0.05, 0) is 49.9 Å². The minimum Gasteiger partial charge on any atom is -0.371 e. The molecule has 0 saturated carbocycles. The molecule has 12 nitrogen and oxygen atoms in total. The number of aromatic nitrogens is 4. The number of H-pyrrole nitrogens is 2. The Kier molecular flexibility index (Phi) is 7.19. The molecule has 4 aromatic rings. The Labute approximate surface area is 267 Å². The van der Waals surface area contributed by atoms with Gasteiger partial charge in [0, 0.05) is 83.2 Å². The summed E-state index contributed by atoms with van der Waals surface area (Å²) in [4.78, 5) is 41.7. The molecule has 4 aliphatic heterocycles. The molecular formula is C30H33BrClN9O3. The van der Waals surface area contributed by atoms with Crippen LogP contribution in [-0.2, 0) is 9.59 Å². The number of aromatic amines is 2. The molecule has 2 spiro atoms. The van der Waals surface area contributed by atoms with E-state index >= 15 is 0 Å². The maximum absolute atomic E-state index is 12.0. The van der Waals surface area contributed by atoms with Crippen molar-refractivity contribution in [1.29, 1.82) is 0 Å². The van der Waals surface area contributed by atoms with Crippen molar-refractivity contribution in [1.82, 2.24) is 35.9 Å². The van der Waals surface area contributed by atoms with Gasteiger partial charge in [0.25, 0.3) is 5.91 Å². The highest BCUT2D eigenvalue weighted by Gasteiger charge is 2.48. The van der Waals surface area contributed by atoms with Crippen LogP contribution in [-0.4, -0.2) is 88.5 Å². The zero-order valence-corrected chi connectivity index (χ0v) is 26.6. The second-order valence-electron chi connectivity index (χ2n) is 12.4. The number of piperidine rings is 2. The van der Waals surface area contributed by atoms with Crippen LogP contribution in [0.2, 0.25) is 5.02 Å². The Bertz CT molecular complexity index is 1770. The largest absolute Gasteiger partial charge is 0.371 e. The number of hydrogen-bond acceptors (Lipinski definition) is 7. The SMILES string of the molecule is CN1CC2(CCN(c3cc(Cl)cc4[nH]ncc34)CC2)CC1=O.O=C1NC(=O)C2(CCN(c3cc(Br)cc4[nH]ncc34)CC2)N1. The zero-order chi connectivity index (χ0) is 30.6. The lowest BCUT2D eigenvalue weighted by molar-refractivity contribution is -0.127. The van der Waals surface area contributed by atoms with Crippen LogP contribution in [0.1, 0.15) is 32.1 Å². The van der Waals surface area contributed by atoms with E-state index in [1.54, 1.807) is 0 Å². The van der Waals surface area contributed by atoms with E-state index in [0.717, 1.165) is 75.2 Å². The van der Waals surface area contributed by atoms with Crippen molar-refractivity contribution in [3.8, 4) is 0 Å². The first kappa shape index (κ1) is 28.9. The molecular weight excluding hydrogens is 650 g/mol. The summed E-state index contributed by atoms with van der Waals surface area (Å²) in [6.07, 6.45) is 7.66. The van der Waals surface area contributed by atoms with Gasteiger partial charge in [0.2, 0.25) is 5.91 Å². The molecule has 4 saturated heterocycles. The first-order valence-electron chi connectivity index (χ1n) is 14.8. The van der Waals surface area contributed by atoms with Gasteiger partial charge in [0.1, 0.15) is 5.54 Å². The molecule has 4 aliphatic rings. The first-order valence-corrected chi connectivity index (χ1v) is 15.9. The fourth-order valence-corrected chi connectivity index (χ4v) is 7.85. The monoisotopic (exact) mass is 681 g/mol. The molecule has 4 N–H and O–H groups in total. The van der Waals surface area contributed by atoms with Crippen molar-refractivity contribution < 1.29 is 14.4 Å². The Morgan fingerprint density at radius 3 is 2.00 bits per heavy atom. The predicted molar refractivity (Wildman–Crippen MR) is 172 cm³/mol. The van der Waals surface area contributed by atoms with Crippen LogP contribution in [0, 0.1) is 5.41 Å². The number of amides is 4. The van der Waals surface area contributed by atoms with Gasteiger partial charge in [0.15, 0.2) is 0 Å². The molecule has 44 heavy (non-hydrogen) atoms. The average molecular weight is 683 g/mol. The van der Waals surface area contributed by atoms with E-state index in [0.29, 0.717) is 32.4 Å². The standard InChI is InChI=1S/C16H19ClN4O.C14H14BrN5O2/c1-20-10-16(8-15(20)22)2-4-21(5-3-16)14-7-11(17)6-13-12(14)9-18-19-13;15-8-5-10-9(7-16-19-10)11(6-8)20-3-1-14(2-4-20)12(21)17-13(22)18-14/h6-7,9H,2-5,8,10H2,1H3,(H,18,19);5-7H,1-4H2,(H,16,19)(H2,17,18,21,22). The van der Waals surface area contributed by atoms with Crippen LogP contribution in [0.5, 0.6) is 0 Å². The molecule has 0 atom stereocenters. The lowest BCUT2D eigenvalue weighted by Crippen LogP contribution is -2.54. The highest BCUT2D eigenvalue weighted by Crippen LogP contribution is 2.42. The van der Waals surface area contributed by atoms with Crippen LogP contribution in [0.4, 0.5) is 16.2 Å². The van der Waals surface area contributed by atoms with E-state index < -0.39 is 11.6 Å². The van der Waals surface area contributed by atoms with Crippen molar-refractivity contribution in [2.24, 2.45) is 5.41 Å². The van der Waals surface area contributed by atoms with E-state index in [9.17, 15) is 14.4 Å². The number of imide groups is 1. The van der Waals surface area contributed by atoms with Gasteiger partial charge in [-0.25, -0.2) is 4.79 Å². The van der Waals surface area contributed by atoms with Crippen molar-refractivity contribution in [2.45, 2.75) is 37.6 Å². The Balaban J connectivity index is 0.000000142.